The van der Waals surface area contributed by atoms with Crippen LogP contribution in [0.3, 0.4) is 0 Å². The van der Waals surface area contributed by atoms with Gasteiger partial charge in [-0.25, -0.2) is 0 Å². The standard InChI is InChI=1S/C22H25N/c1-21(2,3)16-12-14-8-7-9-15-13-17(22(4,5)6)19-11-10-18(16)23(19)20(14)15/h7-13H,1-6H3. The zero-order valence-electron chi connectivity index (χ0n) is 15.0. The van der Waals surface area contributed by atoms with Crippen LogP contribution in [0.2, 0.25) is 0 Å². The van der Waals surface area contributed by atoms with Crippen molar-refractivity contribution in [2.75, 3.05) is 0 Å². The smallest absolute Gasteiger partial charge is 0.0606 e. The van der Waals surface area contributed by atoms with Crippen LogP contribution in [0.15, 0.2) is 42.5 Å². The highest BCUT2D eigenvalue weighted by molar-refractivity contribution is 6.02. The van der Waals surface area contributed by atoms with Crippen molar-refractivity contribution >= 4 is 27.3 Å². The molecule has 118 valence electrons. The van der Waals surface area contributed by atoms with Crippen molar-refractivity contribution in [3.63, 3.8) is 0 Å². The van der Waals surface area contributed by atoms with E-state index in [0.717, 1.165) is 0 Å². The fraction of sp³-hybridized carbons (Fsp3) is 0.364. The van der Waals surface area contributed by atoms with E-state index in [9.17, 15) is 0 Å². The molecule has 1 heteroatoms. The molecule has 23 heavy (non-hydrogen) atoms. The second-order valence-electron chi connectivity index (χ2n) is 8.84. The van der Waals surface area contributed by atoms with Crippen LogP contribution in [0.1, 0.15) is 52.7 Å². The summed E-state index contributed by atoms with van der Waals surface area (Å²) >= 11 is 0. The van der Waals surface area contributed by atoms with Crippen LogP contribution in [0.5, 0.6) is 0 Å². The van der Waals surface area contributed by atoms with E-state index in [-0.39, 0.29) is 10.8 Å². The molecule has 3 aromatic heterocycles. The maximum absolute atomic E-state index is 2.49. The molecule has 1 nitrogen and oxygen atoms in total. The molecule has 0 radical (unpaired) electrons. The molecule has 0 spiro atoms. The lowest BCUT2D eigenvalue weighted by Crippen LogP contribution is -2.15. The van der Waals surface area contributed by atoms with Gasteiger partial charge in [-0.2, -0.15) is 0 Å². The van der Waals surface area contributed by atoms with Gasteiger partial charge in [-0.1, -0.05) is 59.7 Å². The normalized spacial score (nSPS) is 13.7. The van der Waals surface area contributed by atoms with E-state index in [2.05, 4.69) is 88.4 Å². The summed E-state index contributed by atoms with van der Waals surface area (Å²) in [6.45, 7) is 13.8. The molecule has 4 rings (SSSR count). The van der Waals surface area contributed by atoms with E-state index >= 15 is 0 Å². The summed E-state index contributed by atoms with van der Waals surface area (Å²) in [5.41, 5.74) is 7.15. The molecule has 0 amide bonds. The molecule has 3 heterocycles. The molecule has 0 aliphatic rings. The SMILES string of the molecule is CC(C)(C)c1cc2cccc3cc(C(C)(C)C)c4ccc1n4c23. The predicted molar refractivity (Wildman–Crippen MR) is 101 cm³/mol. The lowest BCUT2D eigenvalue weighted by molar-refractivity contribution is 0.592. The molecule has 4 aromatic rings. The first-order valence-corrected chi connectivity index (χ1v) is 8.48. The monoisotopic (exact) mass is 303 g/mol. The topological polar surface area (TPSA) is 4.41 Å². The third-order valence-corrected chi connectivity index (χ3v) is 4.97. The number of pyridine rings is 2. The van der Waals surface area contributed by atoms with Gasteiger partial charge in [0.05, 0.1) is 16.6 Å². The Morgan fingerprint density at radius 1 is 0.652 bits per heavy atom. The van der Waals surface area contributed by atoms with Crippen molar-refractivity contribution in [1.82, 2.24) is 4.40 Å². The van der Waals surface area contributed by atoms with E-state index < -0.39 is 0 Å². The lowest BCUT2D eigenvalue weighted by Gasteiger charge is -2.26. The van der Waals surface area contributed by atoms with E-state index in [0.29, 0.717) is 0 Å². The van der Waals surface area contributed by atoms with Crippen molar-refractivity contribution in [3.05, 3.63) is 53.6 Å². The number of para-hydroxylation sites is 1. The van der Waals surface area contributed by atoms with Crippen molar-refractivity contribution in [2.24, 2.45) is 0 Å². The van der Waals surface area contributed by atoms with Gasteiger partial charge in [-0.3, -0.25) is 0 Å². The molecule has 1 aromatic carbocycles. The Kier molecular flexibility index (Phi) is 2.71. The summed E-state index contributed by atoms with van der Waals surface area (Å²) in [5.74, 6) is 0. The molecule has 0 aliphatic carbocycles. The van der Waals surface area contributed by atoms with Gasteiger partial charge in [-0.15, -0.1) is 0 Å². The highest BCUT2D eigenvalue weighted by atomic mass is 14.9. The van der Waals surface area contributed by atoms with Crippen molar-refractivity contribution < 1.29 is 0 Å². The summed E-state index contributed by atoms with van der Waals surface area (Å²) < 4.78 is 2.49. The second kappa shape index (κ2) is 4.29. The Labute approximate surface area is 138 Å². The number of hydrogen-bond acceptors (Lipinski definition) is 0. The van der Waals surface area contributed by atoms with Crippen molar-refractivity contribution in [1.29, 1.82) is 0 Å². The van der Waals surface area contributed by atoms with Gasteiger partial charge >= 0.3 is 0 Å². The predicted octanol–water partition coefficient (Wildman–Crippen LogP) is 6.28. The first kappa shape index (κ1) is 14.6. The van der Waals surface area contributed by atoms with Crippen molar-refractivity contribution in [2.45, 2.75) is 52.4 Å². The second-order valence-corrected chi connectivity index (χ2v) is 8.84. The van der Waals surface area contributed by atoms with E-state index in [1.54, 1.807) is 0 Å². The Balaban J connectivity index is 2.31. The number of aromatic nitrogens is 1. The largest absolute Gasteiger partial charge is 0.309 e. The number of benzene rings is 1. The summed E-state index contributed by atoms with van der Waals surface area (Å²) in [5, 5.41) is 2.67. The highest BCUT2D eigenvalue weighted by Gasteiger charge is 2.24. The van der Waals surface area contributed by atoms with E-state index in [1.807, 2.05) is 0 Å². The number of rotatable bonds is 0. The maximum Gasteiger partial charge on any atom is 0.0606 e. The zero-order valence-corrected chi connectivity index (χ0v) is 15.0. The quantitative estimate of drug-likeness (QED) is 0.360. The molecule has 0 N–H and O–H groups in total. The minimum Gasteiger partial charge on any atom is -0.309 e. The molecular weight excluding hydrogens is 278 g/mol. The molecule has 0 bridgehead atoms. The van der Waals surface area contributed by atoms with Gasteiger partial charge in [0.15, 0.2) is 0 Å². The average Bonchev–Trinajstić information content (AvgIpc) is 2.87. The maximum atomic E-state index is 2.49. The molecule has 0 atom stereocenters. The van der Waals surface area contributed by atoms with Crippen LogP contribution in [0.4, 0.5) is 0 Å². The van der Waals surface area contributed by atoms with Crippen LogP contribution in [-0.4, -0.2) is 4.40 Å². The summed E-state index contributed by atoms with van der Waals surface area (Å²) in [7, 11) is 0. The van der Waals surface area contributed by atoms with Gasteiger partial charge in [0.2, 0.25) is 0 Å². The van der Waals surface area contributed by atoms with Gasteiger partial charge < -0.3 is 4.40 Å². The van der Waals surface area contributed by atoms with Gasteiger partial charge in [0, 0.05) is 0 Å². The molecule has 0 unspecified atom stereocenters. The first-order valence-electron chi connectivity index (χ1n) is 8.48. The van der Waals surface area contributed by atoms with E-state index in [1.165, 1.54) is 38.4 Å². The highest BCUT2D eigenvalue weighted by Crippen LogP contribution is 2.39. The van der Waals surface area contributed by atoms with Gasteiger partial charge in [0.1, 0.15) is 0 Å². The summed E-state index contributed by atoms with van der Waals surface area (Å²) in [6, 6.07) is 16.0. The summed E-state index contributed by atoms with van der Waals surface area (Å²) in [6.07, 6.45) is 0. The van der Waals surface area contributed by atoms with Gasteiger partial charge in [-0.05, 0) is 57.0 Å². The van der Waals surface area contributed by atoms with Crippen LogP contribution < -0.4 is 0 Å². The fourth-order valence-corrected chi connectivity index (χ4v) is 3.83. The minimum absolute atomic E-state index is 0.131. The van der Waals surface area contributed by atoms with Crippen LogP contribution in [0, 0.1) is 0 Å². The fourth-order valence-electron chi connectivity index (χ4n) is 3.83. The zero-order chi connectivity index (χ0) is 16.6. The minimum atomic E-state index is 0.131. The van der Waals surface area contributed by atoms with Crippen molar-refractivity contribution in [3.8, 4) is 0 Å². The molecule has 0 fully saturated rings. The Hall–Kier alpha value is -2.02. The van der Waals surface area contributed by atoms with Crippen LogP contribution in [0.25, 0.3) is 27.3 Å². The van der Waals surface area contributed by atoms with Crippen LogP contribution >= 0.6 is 0 Å². The Morgan fingerprint density at radius 3 is 1.48 bits per heavy atom. The number of hydrogen-bond donors (Lipinski definition) is 0. The third kappa shape index (κ3) is 1.99. The third-order valence-electron chi connectivity index (χ3n) is 4.97. The first-order chi connectivity index (χ1) is 10.7. The molecular formula is C22H25N. The molecule has 0 aliphatic heterocycles. The average molecular weight is 303 g/mol. The molecule has 0 saturated carbocycles. The lowest BCUT2D eigenvalue weighted by atomic mass is 9.84. The van der Waals surface area contributed by atoms with Crippen LogP contribution in [-0.2, 0) is 10.8 Å². The Morgan fingerprint density at radius 2 is 1.09 bits per heavy atom. The number of nitrogens with zero attached hydrogens (tertiary/aromatic N) is 1. The molecule has 0 saturated heterocycles. The summed E-state index contributed by atoms with van der Waals surface area (Å²) in [4.78, 5) is 0. The van der Waals surface area contributed by atoms with Gasteiger partial charge in [0.25, 0.3) is 0 Å². The van der Waals surface area contributed by atoms with E-state index in [4.69, 9.17) is 0 Å². The Bertz CT molecular complexity index is 941.